The smallest absolute Gasteiger partial charge is 0.281 e. The molecule has 0 aliphatic carbocycles. The van der Waals surface area contributed by atoms with Crippen LogP contribution in [0.2, 0.25) is 0 Å². The first kappa shape index (κ1) is 26.7. The lowest BCUT2D eigenvalue weighted by Gasteiger charge is -2.34. The van der Waals surface area contributed by atoms with Gasteiger partial charge in [-0.15, -0.1) is 0 Å². The minimum absolute atomic E-state index is 0.156. The number of carbonyl (C=O) groups excluding carboxylic acids is 1. The van der Waals surface area contributed by atoms with Gasteiger partial charge in [0.2, 0.25) is 5.88 Å². The van der Waals surface area contributed by atoms with Gasteiger partial charge in [-0.3, -0.25) is 4.79 Å². The van der Waals surface area contributed by atoms with E-state index in [1.54, 1.807) is 24.3 Å². The highest BCUT2D eigenvalue weighted by molar-refractivity contribution is 7.90. The molecular weight excluding hydrogens is 464 g/mol. The van der Waals surface area contributed by atoms with Crippen LogP contribution in [-0.4, -0.2) is 43.0 Å². The summed E-state index contributed by atoms with van der Waals surface area (Å²) in [6.07, 6.45) is 4.54. The second-order valence-electron chi connectivity index (χ2n) is 10.7. The van der Waals surface area contributed by atoms with Crippen LogP contribution in [0.4, 0.5) is 5.82 Å². The maximum atomic E-state index is 13.3. The number of nitrogens with one attached hydrogen (secondary N) is 1. The van der Waals surface area contributed by atoms with Crippen LogP contribution in [0.5, 0.6) is 5.88 Å². The predicted octanol–water partition coefficient (Wildman–Crippen LogP) is 4.47. The lowest BCUT2D eigenvalue weighted by molar-refractivity contribution is 0.0981. The van der Waals surface area contributed by atoms with Gasteiger partial charge in [-0.1, -0.05) is 45.9 Å². The highest BCUT2D eigenvalue weighted by atomic mass is 32.2. The molecule has 3 heterocycles. The Balaban J connectivity index is 1.96. The summed E-state index contributed by atoms with van der Waals surface area (Å²) in [5.74, 6) is 0.323. The molecule has 35 heavy (non-hydrogen) atoms. The van der Waals surface area contributed by atoms with Crippen molar-refractivity contribution < 1.29 is 17.9 Å². The first-order valence-electron chi connectivity index (χ1n) is 11.8. The molecular formula is C26H36N4O4S. The summed E-state index contributed by atoms with van der Waals surface area (Å²) in [7, 11) is -4.23. The summed E-state index contributed by atoms with van der Waals surface area (Å²) in [4.78, 5) is 24.4. The number of pyridine rings is 2. The fourth-order valence-electron chi connectivity index (χ4n) is 4.29. The number of carbonyl (C=O) groups is 1. The molecule has 0 aromatic carbocycles. The first-order chi connectivity index (χ1) is 16.2. The Kier molecular flexibility index (Phi) is 7.59. The number of hydrogen-bond donors (Lipinski definition) is 1. The molecule has 1 atom stereocenters. The molecule has 190 valence electrons. The molecule has 3 rings (SSSR count). The van der Waals surface area contributed by atoms with E-state index in [1.165, 1.54) is 12.1 Å². The van der Waals surface area contributed by atoms with Crippen molar-refractivity contribution in [1.29, 1.82) is 0 Å². The van der Waals surface area contributed by atoms with E-state index in [9.17, 15) is 13.2 Å². The zero-order chi connectivity index (χ0) is 26.0. The Hall–Kier alpha value is -2.94. The minimum Gasteiger partial charge on any atom is -0.473 e. The number of anilines is 1. The van der Waals surface area contributed by atoms with Crippen molar-refractivity contribution in [3.63, 3.8) is 0 Å². The molecule has 0 saturated carbocycles. The van der Waals surface area contributed by atoms with Crippen LogP contribution in [0.15, 0.2) is 47.5 Å². The summed E-state index contributed by atoms with van der Waals surface area (Å²) in [5.41, 5.74) is 0.582. The van der Waals surface area contributed by atoms with E-state index < -0.39 is 15.9 Å². The van der Waals surface area contributed by atoms with Crippen LogP contribution in [0.1, 0.15) is 70.9 Å². The van der Waals surface area contributed by atoms with E-state index in [2.05, 4.69) is 56.1 Å². The molecule has 2 aromatic rings. The van der Waals surface area contributed by atoms with Crippen molar-refractivity contribution in [2.75, 3.05) is 18.1 Å². The molecule has 2 aromatic heterocycles. The van der Waals surface area contributed by atoms with Gasteiger partial charge in [0.15, 0.2) is 5.03 Å². The van der Waals surface area contributed by atoms with E-state index in [0.29, 0.717) is 11.7 Å². The number of rotatable bonds is 7. The van der Waals surface area contributed by atoms with Crippen LogP contribution >= 0.6 is 0 Å². The van der Waals surface area contributed by atoms with Gasteiger partial charge in [0.25, 0.3) is 15.9 Å². The van der Waals surface area contributed by atoms with Gasteiger partial charge in [-0.2, -0.15) is 13.4 Å². The predicted molar refractivity (Wildman–Crippen MR) is 137 cm³/mol. The Bertz CT molecular complexity index is 1220. The average Bonchev–Trinajstić information content (AvgIpc) is 3.04. The lowest BCUT2D eigenvalue weighted by Crippen LogP contribution is -2.41. The minimum atomic E-state index is -4.23. The lowest BCUT2D eigenvalue weighted by atomic mass is 9.91. The average molecular weight is 501 g/mol. The summed E-state index contributed by atoms with van der Waals surface area (Å²) < 4.78 is 33.7. The standard InChI is InChI=1S/C26H36N4O4S/c1-8-9-15-34-21-11-10-12-22(28-21)35(32,33)29-24(31)19-13-14-20(25(3,4)5)27-23(19)30-17-18(2)16-26(30,6)7/h8-14,18H,15-17H2,1-7H3,(H,29,31). The largest absolute Gasteiger partial charge is 0.473 e. The van der Waals surface area contributed by atoms with E-state index in [-0.39, 0.29) is 34.0 Å². The maximum Gasteiger partial charge on any atom is 0.281 e. The number of nitrogens with zero attached hydrogens (tertiary/aromatic N) is 3. The van der Waals surface area contributed by atoms with Crippen LogP contribution in [0.25, 0.3) is 0 Å². The van der Waals surface area contributed by atoms with Gasteiger partial charge in [0.05, 0.1) is 5.56 Å². The van der Waals surface area contributed by atoms with Crippen LogP contribution in [-0.2, 0) is 15.4 Å². The Morgan fingerprint density at radius 1 is 1.23 bits per heavy atom. The van der Waals surface area contributed by atoms with Crippen molar-refractivity contribution in [3.8, 4) is 5.88 Å². The quantitative estimate of drug-likeness (QED) is 0.560. The van der Waals surface area contributed by atoms with Crippen molar-refractivity contribution in [2.24, 2.45) is 5.92 Å². The van der Waals surface area contributed by atoms with Crippen LogP contribution in [0, 0.1) is 5.92 Å². The Morgan fingerprint density at radius 3 is 2.54 bits per heavy atom. The van der Waals surface area contributed by atoms with E-state index in [0.717, 1.165) is 18.7 Å². The molecule has 1 saturated heterocycles. The summed E-state index contributed by atoms with van der Waals surface area (Å²) in [6.45, 7) is 15.4. The summed E-state index contributed by atoms with van der Waals surface area (Å²) in [6, 6.07) is 7.86. The van der Waals surface area contributed by atoms with Gasteiger partial charge in [0.1, 0.15) is 12.4 Å². The number of hydrogen-bond acceptors (Lipinski definition) is 7. The van der Waals surface area contributed by atoms with Gasteiger partial charge in [-0.25, -0.2) is 9.71 Å². The van der Waals surface area contributed by atoms with E-state index in [4.69, 9.17) is 9.72 Å². The highest BCUT2D eigenvalue weighted by Crippen LogP contribution is 2.38. The van der Waals surface area contributed by atoms with E-state index >= 15 is 0 Å². The van der Waals surface area contributed by atoms with Crippen molar-refractivity contribution in [3.05, 3.63) is 53.7 Å². The van der Waals surface area contributed by atoms with Gasteiger partial charge in [0, 0.05) is 29.3 Å². The van der Waals surface area contributed by atoms with Gasteiger partial charge in [-0.05, 0) is 51.3 Å². The van der Waals surface area contributed by atoms with Crippen molar-refractivity contribution in [2.45, 2.75) is 70.9 Å². The molecule has 1 unspecified atom stereocenters. The van der Waals surface area contributed by atoms with Crippen LogP contribution in [0.3, 0.4) is 0 Å². The Morgan fingerprint density at radius 2 is 1.94 bits per heavy atom. The SMILES string of the molecule is CC=CCOc1cccc(S(=O)(=O)NC(=O)c2ccc(C(C)(C)C)nc2N2CC(C)CC2(C)C)n1. The molecule has 1 aliphatic heterocycles. The zero-order valence-corrected chi connectivity index (χ0v) is 22.4. The summed E-state index contributed by atoms with van der Waals surface area (Å²) >= 11 is 0. The summed E-state index contributed by atoms with van der Waals surface area (Å²) in [5, 5.41) is -0.292. The molecule has 9 heteroatoms. The first-order valence-corrected chi connectivity index (χ1v) is 13.3. The molecule has 8 nitrogen and oxygen atoms in total. The fraction of sp³-hybridized carbons (Fsp3) is 0.500. The number of allylic oxidation sites excluding steroid dienone is 1. The zero-order valence-electron chi connectivity index (χ0n) is 21.6. The molecule has 1 aliphatic rings. The highest BCUT2D eigenvalue weighted by Gasteiger charge is 2.39. The third kappa shape index (κ3) is 6.20. The number of ether oxygens (including phenoxy) is 1. The third-order valence-electron chi connectivity index (χ3n) is 5.98. The van der Waals surface area contributed by atoms with Gasteiger partial charge < -0.3 is 9.64 Å². The van der Waals surface area contributed by atoms with Crippen molar-refractivity contribution >= 4 is 21.7 Å². The van der Waals surface area contributed by atoms with Gasteiger partial charge >= 0.3 is 0 Å². The molecule has 0 spiro atoms. The molecule has 1 amide bonds. The maximum absolute atomic E-state index is 13.3. The molecule has 0 bridgehead atoms. The number of sulfonamides is 1. The Labute approximate surface area is 208 Å². The normalized spacial score (nSPS) is 18.1. The molecule has 1 fully saturated rings. The molecule has 1 N–H and O–H groups in total. The topological polar surface area (TPSA) is 101 Å². The monoisotopic (exact) mass is 500 g/mol. The van der Waals surface area contributed by atoms with Crippen molar-refractivity contribution in [1.82, 2.24) is 14.7 Å². The molecule has 0 radical (unpaired) electrons. The number of aromatic nitrogens is 2. The third-order valence-corrected chi connectivity index (χ3v) is 7.21. The van der Waals surface area contributed by atoms with Crippen LogP contribution < -0.4 is 14.4 Å². The van der Waals surface area contributed by atoms with E-state index in [1.807, 2.05) is 13.0 Å². The number of amides is 1. The fourth-order valence-corrected chi connectivity index (χ4v) is 5.22. The second kappa shape index (κ2) is 9.97. The second-order valence-corrected chi connectivity index (χ2v) is 12.3.